The predicted molar refractivity (Wildman–Crippen MR) is 73.2 cm³/mol. The van der Waals surface area contributed by atoms with Crippen LogP contribution in [-0.2, 0) is 4.79 Å². The molecule has 2 saturated carbocycles. The Morgan fingerprint density at radius 3 is 2.61 bits per heavy atom. The Balaban J connectivity index is 1.61. The molecule has 18 heavy (non-hydrogen) atoms. The van der Waals surface area contributed by atoms with Gasteiger partial charge < -0.3 is 16.0 Å². The monoisotopic (exact) mass is 253 g/mol. The van der Waals surface area contributed by atoms with Crippen LogP contribution in [0.5, 0.6) is 0 Å². The van der Waals surface area contributed by atoms with Crippen molar-refractivity contribution in [3.63, 3.8) is 0 Å². The Bertz CT molecular complexity index is 276. The molecule has 2 fully saturated rings. The quantitative estimate of drug-likeness (QED) is 0.771. The second kappa shape index (κ2) is 6.53. The minimum atomic E-state index is 0.164. The molecule has 0 saturated heterocycles. The molecule has 0 spiro atoms. The standard InChI is InChI=1S/C14H27N3O/c1-17(13-4-2-3-5-13)9-8-16-14(18)11-6-7-12(15)10-11/h11-13H,2-10,15H2,1H3,(H,16,18). The maximum atomic E-state index is 11.9. The normalized spacial score (nSPS) is 29.1. The van der Waals surface area contributed by atoms with E-state index in [0.29, 0.717) is 0 Å². The van der Waals surface area contributed by atoms with E-state index in [-0.39, 0.29) is 17.9 Å². The van der Waals surface area contributed by atoms with Crippen LogP contribution in [0.25, 0.3) is 0 Å². The molecule has 4 heteroatoms. The lowest BCUT2D eigenvalue weighted by atomic mass is 10.1. The molecular weight excluding hydrogens is 226 g/mol. The van der Waals surface area contributed by atoms with Gasteiger partial charge in [0.1, 0.15) is 0 Å². The topological polar surface area (TPSA) is 58.4 Å². The van der Waals surface area contributed by atoms with E-state index in [0.717, 1.165) is 38.4 Å². The number of carbonyl (C=O) groups excluding carboxylic acids is 1. The molecule has 0 aromatic rings. The third-order valence-corrected chi connectivity index (χ3v) is 4.56. The van der Waals surface area contributed by atoms with Gasteiger partial charge in [0.25, 0.3) is 0 Å². The molecule has 2 unspecified atom stereocenters. The number of amides is 1. The van der Waals surface area contributed by atoms with Crippen LogP contribution in [-0.4, -0.2) is 43.0 Å². The van der Waals surface area contributed by atoms with Crippen molar-refractivity contribution in [1.82, 2.24) is 10.2 Å². The van der Waals surface area contributed by atoms with E-state index in [2.05, 4.69) is 17.3 Å². The number of rotatable bonds is 5. The first-order chi connectivity index (χ1) is 8.66. The molecule has 0 aromatic carbocycles. The minimum absolute atomic E-state index is 0.164. The van der Waals surface area contributed by atoms with Gasteiger partial charge in [0.05, 0.1) is 0 Å². The average molecular weight is 253 g/mol. The molecule has 0 aliphatic heterocycles. The van der Waals surface area contributed by atoms with Crippen LogP contribution in [0.1, 0.15) is 44.9 Å². The second-order valence-corrected chi connectivity index (χ2v) is 5.98. The van der Waals surface area contributed by atoms with Crippen LogP contribution in [0.2, 0.25) is 0 Å². The first kappa shape index (κ1) is 13.8. The molecule has 0 bridgehead atoms. The molecule has 2 atom stereocenters. The highest BCUT2D eigenvalue weighted by atomic mass is 16.1. The van der Waals surface area contributed by atoms with Crippen molar-refractivity contribution in [2.45, 2.75) is 57.0 Å². The van der Waals surface area contributed by atoms with Crippen LogP contribution in [0, 0.1) is 5.92 Å². The Morgan fingerprint density at radius 1 is 1.28 bits per heavy atom. The average Bonchev–Trinajstić information content (AvgIpc) is 2.99. The van der Waals surface area contributed by atoms with Gasteiger partial charge in [-0.1, -0.05) is 12.8 Å². The minimum Gasteiger partial charge on any atom is -0.355 e. The first-order valence-electron chi connectivity index (χ1n) is 7.40. The number of carbonyl (C=O) groups is 1. The van der Waals surface area contributed by atoms with Gasteiger partial charge in [0, 0.05) is 31.1 Å². The maximum absolute atomic E-state index is 11.9. The number of hydrogen-bond donors (Lipinski definition) is 2. The summed E-state index contributed by atoms with van der Waals surface area (Å²) in [6, 6.07) is 0.976. The lowest BCUT2D eigenvalue weighted by molar-refractivity contribution is -0.124. The molecule has 1 amide bonds. The third kappa shape index (κ3) is 3.69. The zero-order valence-electron chi connectivity index (χ0n) is 11.5. The second-order valence-electron chi connectivity index (χ2n) is 5.98. The summed E-state index contributed by atoms with van der Waals surface area (Å²) in [4.78, 5) is 14.3. The lowest BCUT2D eigenvalue weighted by Crippen LogP contribution is -2.39. The van der Waals surface area contributed by atoms with Gasteiger partial charge in [-0.15, -0.1) is 0 Å². The molecule has 2 aliphatic rings. The Morgan fingerprint density at radius 2 is 2.00 bits per heavy atom. The Labute approximate surface area is 110 Å². The van der Waals surface area contributed by atoms with Gasteiger partial charge in [-0.2, -0.15) is 0 Å². The van der Waals surface area contributed by atoms with Crippen molar-refractivity contribution < 1.29 is 4.79 Å². The molecule has 2 aliphatic carbocycles. The van der Waals surface area contributed by atoms with Gasteiger partial charge in [-0.3, -0.25) is 4.79 Å². The Hall–Kier alpha value is -0.610. The summed E-state index contributed by atoms with van der Waals surface area (Å²) in [6.07, 6.45) is 8.20. The van der Waals surface area contributed by atoms with Crippen molar-refractivity contribution in [3.8, 4) is 0 Å². The molecule has 3 N–H and O–H groups in total. The largest absolute Gasteiger partial charge is 0.355 e. The van der Waals surface area contributed by atoms with Crippen molar-refractivity contribution in [2.24, 2.45) is 11.7 Å². The van der Waals surface area contributed by atoms with Gasteiger partial charge in [-0.05, 0) is 39.2 Å². The number of nitrogens with two attached hydrogens (primary N) is 1. The summed E-state index contributed by atoms with van der Waals surface area (Å²) in [5.41, 5.74) is 5.83. The molecule has 4 nitrogen and oxygen atoms in total. The lowest BCUT2D eigenvalue weighted by Gasteiger charge is -2.24. The van der Waals surface area contributed by atoms with Crippen LogP contribution in [0.4, 0.5) is 0 Å². The number of nitrogens with zero attached hydrogens (tertiary/aromatic N) is 1. The number of likely N-dealkylation sites (N-methyl/N-ethyl adjacent to an activating group) is 1. The van der Waals surface area contributed by atoms with E-state index in [1.54, 1.807) is 0 Å². The molecule has 0 heterocycles. The van der Waals surface area contributed by atoms with Crippen LogP contribution in [0.3, 0.4) is 0 Å². The highest BCUT2D eigenvalue weighted by molar-refractivity contribution is 5.78. The van der Waals surface area contributed by atoms with E-state index < -0.39 is 0 Å². The van der Waals surface area contributed by atoms with E-state index in [1.807, 2.05) is 0 Å². The third-order valence-electron chi connectivity index (χ3n) is 4.56. The van der Waals surface area contributed by atoms with Crippen molar-refractivity contribution >= 4 is 5.91 Å². The highest BCUT2D eigenvalue weighted by Crippen LogP contribution is 2.24. The van der Waals surface area contributed by atoms with Gasteiger partial charge >= 0.3 is 0 Å². The van der Waals surface area contributed by atoms with E-state index in [9.17, 15) is 4.79 Å². The summed E-state index contributed by atoms with van der Waals surface area (Å²) >= 11 is 0. The summed E-state index contributed by atoms with van der Waals surface area (Å²) in [5, 5.41) is 3.06. The fourth-order valence-corrected chi connectivity index (χ4v) is 3.28. The molecule has 2 rings (SSSR count). The van der Waals surface area contributed by atoms with Crippen LogP contribution >= 0.6 is 0 Å². The van der Waals surface area contributed by atoms with Gasteiger partial charge in [-0.25, -0.2) is 0 Å². The summed E-state index contributed by atoms with van der Waals surface area (Å²) in [6.45, 7) is 1.74. The smallest absolute Gasteiger partial charge is 0.223 e. The zero-order valence-corrected chi connectivity index (χ0v) is 11.5. The van der Waals surface area contributed by atoms with Gasteiger partial charge in [0.15, 0.2) is 0 Å². The predicted octanol–water partition coefficient (Wildman–Crippen LogP) is 1.10. The molecular formula is C14H27N3O. The molecule has 0 aromatic heterocycles. The van der Waals surface area contributed by atoms with Crippen molar-refractivity contribution in [3.05, 3.63) is 0 Å². The Kier molecular flexibility index (Phi) is 5.01. The van der Waals surface area contributed by atoms with Crippen LogP contribution in [0.15, 0.2) is 0 Å². The maximum Gasteiger partial charge on any atom is 0.223 e. The number of nitrogens with one attached hydrogen (secondary N) is 1. The summed E-state index contributed by atoms with van der Waals surface area (Å²) in [5.74, 6) is 0.375. The highest BCUT2D eigenvalue weighted by Gasteiger charge is 2.27. The van der Waals surface area contributed by atoms with E-state index in [4.69, 9.17) is 5.73 Å². The fraction of sp³-hybridized carbons (Fsp3) is 0.929. The summed E-state index contributed by atoms with van der Waals surface area (Å²) < 4.78 is 0. The van der Waals surface area contributed by atoms with Crippen LogP contribution < -0.4 is 11.1 Å². The van der Waals surface area contributed by atoms with E-state index >= 15 is 0 Å². The molecule has 104 valence electrons. The SMILES string of the molecule is CN(CCNC(=O)C1CCC(N)C1)C1CCCC1. The number of hydrogen-bond acceptors (Lipinski definition) is 3. The fourth-order valence-electron chi connectivity index (χ4n) is 3.28. The van der Waals surface area contributed by atoms with E-state index in [1.165, 1.54) is 25.7 Å². The zero-order chi connectivity index (χ0) is 13.0. The van der Waals surface area contributed by atoms with Crippen molar-refractivity contribution in [1.29, 1.82) is 0 Å². The first-order valence-corrected chi connectivity index (χ1v) is 7.40. The van der Waals surface area contributed by atoms with Crippen molar-refractivity contribution in [2.75, 3.05) is 20.1 Å². The summed E-state index contributed by atoms with van der Waals surface area (Å²) in [7, 11) is 2.17. The van der Waals surface area contributed by atoms with Gasteiger partial charge in [0.2, 0.25) is 5.91 Å². The molecule has 0 radical (unpaired) electrons.